The highest BCUT2D eigenvalue weighted by atomic mass is 19.1. The first-order chi connectivity index (χ1) is 8.10. The van der Waals surface area contributed by atoms with Gasteiger partial charge in [-0.25, -0.2) is 4.39 Å². The van der Waals surface area contributed by atoms with Crippen molar-refractivity contribution in [2.24, 2.45) is 5.92 Å². The lowest BCUT2D eigenvalue weighted by Gasteiger charge is -2.25. The van der Waals surface area contributed by atoms with Gasteiger partial charge in [0.05, 0.1) is 0 Å². The Morgan fingerprint density at radius 1 is 1.41 bits per heavy atom. The number of hydrogen-bond donors (Lipinski definition) is 1. The van der Waals surface area contributed by atoms with E-state index in [1.54, 1.807) is 13.2 Å². The molecule has 0 spiro atoms. The first-order valence-electron chi connectivity index (χ1n) is 6.02. The number of methoxy groups -OCH3 is 1. The predicted octanol–water partition coefficient (Wildman–Crippen LogP) is 3.07. The van der Waals surface area contributed by atoms with E-state index in [0.29, 0.717) is 5.92 Å². The van der Waals surface area contributed by atoms with Gasteiger partial charge in [0.25, 0.3) is 0 Å². The van der Waals surface area contributed by atoms with Gasteiger partial charge < -0.3 is 10.1 Å². The van der Waals surface area contributed by atoms with E-state index in [2.05, 4.69) is 12.2 Å². The Morgan fingerprint density at radius 2 is 2.12 bits per heavy atom. The van der Waals surface area contributed by atoms with Crippen molar-refractivity contribution in [3.8, 4) is 0 Å². The van der Waals surface area contributed by atoms with Crippen LogP contribution in [0.3, 0.4) is 0 Å². The zero-order chi connectivity index (χ0) is 12.8. The van der Waals surface area contributed by atoms with E-state index in [9.17, 15) is 4.39 Å². The van der Waals surface area contributed by atoms with Crippen molar-refractivity contribution < 1.29 is 9.13 Å². The first kappa shape index (κ1) is 14.1. The second-order valence-electron chi connectivity index (χ2n) is 4.53. The molecule has 0 aliphatic heterocycles. The Hall–Kier alpha value is -0.930. The van der Waals surface area contributed by atoms with Crippen molar-refractivity contribution in [1.82, 2.24) is 5.32 Å². The molecule has 0 aliphatic carbocycles. The van der Waals surface area contributed by atoms with Crippen LogP contribution in [-0.2, 0) is 4.74 Å². The summed E-state index contributed by atoms with van der Waals surface area (Å²) < 4.78 is 18.2. The minimum absolute atomic E-state index is 0.175. The molecule has 1 N–H and O–H groups in total. The predicted molar refractivity (Wildman–Crippen MR) is 68.6 cm³/mol. The molecule has 0 fully saturated rings. The van der Waals surface area contributed by atoms with E-state index >= 15 is 0 Å². The Kier molecular flexibility index (Phi) is 5.59. The highest BCUT2D eigenvalue weighted by Gasteiger charge is 2.19. The molecule has 0 saturated heterocycles. The molecule has 2 nitrogen and oxygen atoms in total. The van der Waals surface area contributed by atoms with Crippen LogP contribution in [0.25, 0.3) is 0 Å². The Morgan fingerprint density at radius 3 is 2.65 bits per heavy atom. The van der Waals surface area contributed by atoms with Gasteiger partial charge in [-0.15, -0.1) is 0 Å². The molecule has 0 aliphatic rings. The van der Waals surface area contributed by atoms with Crippen LogP contribution in [0.1, 0.15) is 30.5 Å². The van der Waals surface area contributed by atoms with Crippen molar-refractivity contribution in [3.05, 3.63) is 35.1 Å². The quantitative estimate of drug-likeness (QED) is 0.823. The van der Waals surface area contributed by atoms with Gasteiger partial charge in [-0.05, 0) is 49.6 Å². The average Bonchev–Trinajstić information content (AvgIpc) is 2.30. The number of nitrogens with one attached hydrogen (secondary N) is 1. The number of ether oxygens (including phenoxy) is 1. The minimum atomic E-state index is -0.175. The van der Waals surface area contributed by atoms with Crippen LogP contribution >= 0.6 is 0 Å². The third-order valence-electron chi connectivity index (χ3n) is 3.22. The molecule has 0 saturated carbocycles. The second kappa shape index (κ2) is 6.72. The summed E-state index contributed by atoms with van der Waals surface area (Å²) in [5.74, 6) is 0.273. The molecule has 2 unspecified atom stereocenters. The molecule has 0 heterocycles. The highest BCUT2D eigenvalue weighted by Crippen LogP contribution is 2.27. The monoisotopic (exact) mass is 239 g/mol. The van der Waals surface area contributed by atoms with Gasteiger partial charge in [-0.1, -0.05) is 13.0 Å². The topological polar surface area (TPSA) is 21.3 Å². The van der Waals surface area contributed by atoms with E-state index in [1.807, 2.05) is 20.0 Å². The zero-order valence-corrected chi connectivity index (χ0v) is 11.1. The second-order valence-corrected chi connectivity index (χ2v) is 4.53. The third kappa shape index (κ3) is 3.79. The summed E-state index contributed by atoms with van der Waals surface area (Å²) in [6.45, 7) is 4.88. The highest BCUT2D eigenvalue weighted by molar-refractivity contribution is 5.29. The molecule has 0 bridgehead atoms. The number of rotatable bonds is 6. The number of benzene rings is 1. The lowest BCUT2D eigenvalue weighted by molar-refractivity contribution is 0.171. The van der Waals surface area contributed by atoms with Crippen molar-refractivity contribution in [2.75, 3.05) is 20.8 Å². The van der Waals surface area contributed by atoms with Crippen LogP contribution in [-0.4, -0.2) is 20.8 Å². The molecule has 1 rings (SSSR count). The van der Waals surface area contributed by atoms with E-state index < -0.39 is 0 Å². The van der Waals surface area contributed by atoms with Crippen LogP contribution in [0.15, 0.2) is 18.2 Å². The number of hydrogen-bond acceptors (Lipinski definition) is 2. The van der Waals surface area contributed by atoms with Crippen molar-refractivity contribution in [2.45, 2.75) is 26.3 Å². The van der Waals surface area contributed by atoms with Gasteiger partial charge in [-0.2, -0.15) is 0 Å². The maximum Gasteiger partial charge on any atom is 0.123 e. The van der Waals surface area contributed by atoms with E-state index in [4.69, 9.17) is 4.74 Å². The zero-order valence-electron chi connectivity index (χ0n) is 11.1. The van der Waals surface area contributed by atoms with E-state index in [-0.39, 0.29) is 11.9 Å². The van der Waals surface area contributed by atoms with Gasteiger partial charge in [-0.3, -0.25) is 0 Å². The van der Waals surface area contributed by atoms with Gasteiger partial charge >= 0.3 is 0 Å². The number of aryl methyl sites for hydroxylation is 1. The fourth-order valence-corrected chi connectivity index (χ4v) is 2.21. The van der Waals surface area contributed by atoms with Crippen molar-refractivity contribution in [3.63, 3.8) is 0 Å². The molecule has 0 radical (unpaired) electrons. The largest absolute Gasteiger partial charge is 0.385 e. The standard InChI is InChI=1S/C14H22FNO/c1-10(7-8-17-4)14(16-3)13-6-5-12(15)9-11(13)2/h5-6,9-10,14,16H,7-8H2,1-4H3. The third-order valence-corrected chi connectivity index (χ3v) is 3.22. The summed E-state index contributed by atoms with van der Waals surface area (Å²) in [6.07, 6.45) is 0.985. The summed E-state index contributed by atoms with van der Waals surface area (Å²) in [5.41, 5.74) is 2.16. The van der Waals surface area contributed by atoms with Gasteiger partial charge in [0.15, 0.2) is 0 Å². The first-order valence-corrected chi connectivity index (χ1v) is 6.02. The Bertz CT molecular complexity index is 354. The van der Waals surface area contributed by atoms with Crippen LogP contribution in [0.5, 0.6) is 0 Å². The molecule has 1 aromatic rings. The summed E-state index contributed by atoms with van der Waals surface area (Å²) >= 11 is 0. The molecule has 0 amide bonds. The van der Waals surface area contributed by atoms with Gasteiger partial charge in [0.2, 0.25) is 0 Å². The maximum absolute atomic E-state index is 13.1. The smallest absolute Gasteiger partial charge is 0.123 e. The van der Waals surface area contributed by atoms with Gasteiger partial charge in [0.1, 0.15) is 5.82 Å². The summed E-state index contributed by atoms with van der Waals surface area (Å²) in [7, 11) is 3.65. The van der Waals surface area contributed by atoms with Crippen LogP contribution in [0, 0.1) is 18.7 Å². The molecule has 2 atom stereocenters. The van der Waals surface area contributed by atoms with Crippen LogP contribution in [0.2, 0.25) is 0 Å². The summed E-state index contributed by atoms with van der Waals surface area (Å²) in [5, 5.41) is 3.31. The van der Waals surface area contributed by atoms with Crippen LogP contribution < -0.4 is 5.32 Å². The molecular weight excluding hydrogens is 217 g/mol. The maximum atomic E-state index is 13.1. The molecule has 1 aromatic carbocycles. The molecule has 3 heteroatoms. The van der Waals surface area contributed by atoms with E-state index in [1.165, 1.54) is 6.07 Å². The fourth-order valence-electron chi connectivity index (χ4n) is 2.21. The summed E-state index contributed by atoms with van der Waals surface area (Å²) in [6, 6.07) is 5.22. The summed E-state index contributed by atoms with van der Waals surface area (Å²) in [4.78, 5) is 0. The Balaban J connectivity index is 2.85. The lowest BCUT2D eigenvalue weighted by atomic mass is 9.89. The average molecular weight is 239 g/mol. The van der Waals surface area contributed by atoms with Crippen molar-refractivity contribution in [1.29, 1.82) is 0 Å². The molecule has 17 heavy (non-hydrogen) atoms. The molecular formula is C14H22FNO. The molecule has 96 valence electrons. The van der Waals surface area contributed by atoms with Crippen LogP contribution in [0.4, 0.5) is 4.39 Å². The minimum Gasteiger partial charge on any atom is -0.385 e. The number of halogens is 1. The van der Waals surface area contributed by atoms with Gasteiger partial charge in [0, 0.05) is 19.8 Å². The molecule has 0 aromatic heterocycles. The van der Waals surface area contributed by atoms with E-state index in [0.717, 1.165) is 24.2 Å². The normalized spacial score (nSPS) is 14.6. The fraction of sp³-hybridized carbons (Fsp3) is 0.571. The Labute approximate surface area is 103 Å². The lowest BCUT2D eigenvalue weighted by Crippen LogP contribution is -2.25. The van der Waals surface area contributed by atoms with Crippen molar-refractivity contribution >= 4 is 0 Å². The SMILES string of the molecule is CNC(c1ccc(F)cc1C)C(C)CCOC.